The minimum absolute atomic E-state index is 0.0637. The summed E-state index contributed by atoms with van der Waals surface area (Å²) in [6.07, 6.45) is 1.42. The maximum atomic E-state index is 13.4. The number of carbonyl (C=O) groups excluding carboxylic acids is 2. The maximum absolute atomic E-state index is 13.4. The number of hydrogen-bond acceptors (Lipinski definition) is 5. The van der Waals surface area contributed by atoms with Gasteiger partial charge < -0.3 is 15.1 Å². The first kappa shape index (κ1) is 28.5. The van der Waals surface area contributed by atoms with E-state index in [2.05, 4.69) is 40.9 Å². The van der Waals surface area contributed by atoms with Crippen LogP contribution >= 0.6 is 0 Å². The van der Waals surface area contributed by atoms with E-state index in [9.17, 15) is 22.8 Å². The predicted octanol–water partition coefficient (Wildman–Crippen LogP) is 2.56. The second-order valence-corrected chi connectivity index (χ2v) is 11.3. The van der Waals surface area contributed by atoms with Crippen molar-refractivity contribution in [2.75, 3.05) is 34.2 Å². The molecule has 1 aliphatic carbocycles. The highest BCUT2D eigenvalue weighted by Crippen LogP contribution is 2.30. The lowest BCUT2D eigenvalue weighted by Crippen LogP contribution is -2.55. The number of nitrogens with zero attached hydrogens (tertiary/aromatic N) is 4. The Bertz CT molecular complexity index is 1100. The van der Waals surface area contributed by atoms with Gasteiger partial charge in [-0.2, -0.15) is 18.3 Å². The molecule has 12 heteroatoms. The molecular formula is C25H37F3N7O2+. The van der Waals surface area contributed by atoms with Gasteiger partial charge in [0.1, 0.15) is 6.04 Å². The SMILES string of the molecule is CN=CC(=N)c1cc(C(F)(F)F)nn1CC(C)(C)NC(=O)C(CC1=CCC[N+](C)(C)C1)NC(=O)C1CC1. The van der Waals surface area contributed by atoms with Gasteiger partial charge in [-0.25, -0.2) is 0 Å². The normalized spacial score (nSPS) is 18.9. The third-order valence-electron chi connectivity index (χ3n) is 6.46. The second-order valence-electron chi connectivity index (χ2n) is 11.3. The van der Waals surface area contributed by atoms with E-state index < -0.39 is 29.4 Å². The second kappa shape index (κ2) is 10.8. The van der Waals surface area contributed by atoms with E-state index in [1.165, 1.54) is 7.05 Å². The summed E-state index contributed by atoms with van der Waals surface area (Å²) in [5.74, 6) is -0.639. The molecule has 0 spiro atoms. The average Bonchev–Trinajstić information content (AvgIpc) is 3.52. The zero-order chi connectivity index (χ0) is 27.6. The number of nitrogens with one attached hydrogen (secondary N) is 3. The van der Waals surface area contributed by atoms with E-state index in [0.29, 0.717) is 6.42 Å². The van der Waals surface area contributed by atoms with Crippen molar-refractivity contribution in [3.05, 3.63) is 29.1 Å². The number of rotatable bonds is 10. The molecule has 9 nitrogen and oxygen atoms in total. The molecule has 1 unspecified atom stereocenters. The van der Waals surface area contributed by atoms with Gasteiger partial charge in [0.15, 0.2) is 5.69 Å². The van der Waals surface area contributed by atoms with E-state index in [4.69, 9.17) is 5.41 Å². The van der Waals surface area contributed by atoms with Gasteiger partial charge in [-0.3, -0.25) is 24.7 Å². The predicted molar refractivity (Wildman–Crippen MR) is 135 cm³/mol. The van der Waals surface area contributed by atoms with E-state index in [1.807, 2.05) is 0 Å². The zero-order valence-electron chi connectivity index (χ0n) is 22.1. The fourth-order valence-electron chi connectivity index (χ4n) is 4.49. The summed E-state index contributed by atoms with van der Waals surface area (Å²) in [7, 11) is 5.65. The summed E-state index contributed by atoms with van der Waals surface area (Å²) >= 11 is 0. The summed E-state index contributed by atoms with van der Waals surface area (Å²) in [5, 5.41) is 17.5. The number of alkyl halides is 3. The lowest BCUT2D eigenvalue weighted by molar-refractivity contribution is -0.887. The zero-order valence-corrected chi connectivity index (χ0v) is 22.1. The number of aliphatic imine (C=N–C) groups is 1. The molecule has 1 aromatic heterocycles. The van der Waals surface area contributed by atoms with Gasteiger partial charge in [0, 0.05) is 32.0 Å². The van der Waals surface area contributed by atoms with Gasteiger partial charge in [-0.05, 0) is 38.3 Å². The van der Waals surface area contributed by atoms with Crippen LogP contribution in [0.3, 0.4) is 0 Å². The summed E-state index contributed by atoms with van der Waals surface area (Å²) in [4.78, 5) is 29.7. The first-order valence-corrected chi connectivity index (χ1v) is 12.4. The Morgan fingerprint density at radius 1 is 1.32 bits per heavy atom. The Labute approximate surface area is 215 Å². The van der Waals surface area contributed by atoms with Crippen LogP contribution in [0.25, 0.3) is 0 Å². The van der Waals surface area contributed by atoms with Crippen LogP contribution in [0.2, 0.25) is 0 Å². The molecule has 0 bridgehead atoms. The molecule has 1 aromatic rings. The Morgan fingerprint density at radius 3 is 2.57 bits per heavy atom. The van der Waals surface area contributed by atoms with E-state index >= 15 is 0 Å². The molecule has 0 aromatic carbocycles. The monoisotopic (exact) mass is 524 g/mol. The number of aromatic nitrogens is 2. The molecule has 37 heavy (non-hydrogen) atoms. The van der Waals surface area contributed by atoms with E-state index in [0.717, 1.165) is 59.4 Å². The highest BCUT2D eigenvalue weighted by molar-refractivity contribution is 6.36. The minimum atomic E-state index is -4.69. The van der Waals surface area contributed by atoms with Crippen LogP contribution in [0.5, 0.6) is 0 Å². The Morgan fingerprint density at radius 2 is 2.00 bits per heavy atom. The third kappa shape index (κ3) is 7.98. The van der Waals surface area contributed by atoms with Crippen LogP contribution in [0, 0.1) is 11.3 Å². The summed E-state index contributed by atoms with van der Waals surface area (Å²) < 4.78 is 41.9. The number of amides is 2. The van der Waals surface area contributed by atoms with Crippen LogP contribution in [0.15, 0.2) is 22.7 Å². The third-order valence-corrected chi connectivity index (χ3v) is 6.46. The van der Waals surface area contributed by atoms with Crippen LogP contribution in [0.1, 0.15) is 50.9 Å². The first-order chi connectivity index (χ1) is 17.1. The molecule has 204 valence electrons. The van der Waals surface area contributed by atoms with Crippen molar-refractivity contribution in [2.45, 2.75) is 63.8 Å². The molecule has 0 radical (unpaired) electrons. The number of carbonyl (C=O) groups is 2. The van der Waals surface area contributed by atoms with Crippen LogP contribution in [-0.4, -0.2) is 83.8 Å². The van der Waals surface area contributed by atoms with Crippen molar-refractivity contribution >= 4 is 23.7 Å². The fourth-order valence-corrected chi connectivity index (χ4v) is 4.49. The molecule has 2 aliphatic rings. The number of quaternary nitrogens is 1. The molecule has 1 atom stereocenters. The molecule has 1 saturated carbocycles. The van der Waals surface area contributed by atoms with Gasteiger partial charge in [0.25, 0.3) is 0 Å². The van der Waals surface area contributed by atoms with Crippen molar-refractivity contribution in [1.29, 1.82) is 5.41 Å². The molecule has 3 N–H and O–H groups in total. The topological polar surface area (TPSA) is 112 Å². The molecule has 2 amide bonds. The number of hydrogen-bond donors (Lipinski definition) is 3. The highest BCUT2D eigenvalue weighted by atomic mass is 19.4. The van der Waals surface area contributed by atoms with Crippen LogP contribution in [0.4, 0.5) is 13.2 Å². The van der Waals surface area contributed by atoms with Gasteiger partial charge >= 0.3 is 6.18 Å². The molecule has 2 heterocycles. The van der Waals surface area contributed by atoms with Gasteiger partial charge in [0.2, 0.25) is 11.8 Å². The molecule has 3 rings (SSSR count). The molecule has 1 fully saturated rings. The highest BCUT2D eigenvalue weighted by Gasteiger charge is 2.38. The quantitative estimate of drug-likeness (QED) is 0.248. The standard InChI is InChI=1S/C25H36F3N7O2/c1-24(2,15-34-20(18(29)13-30-3)12-21(33-34)25(26,27)28)32-23(37)19(31-22(36)17-8-9-17)11-16-7-6-10-35(4,5)14-16/h7,12-13,17,19,29H,6,8-11,14-15H2,1-5H3,(H-,31,32,36,37)/p+1. The van der Waals surface area contributed by atoms with Crippen molar-refractivity contribution in [3.63, 3.8) is 0 Å². The van der Waals surface area contributed by atoms with Crippen molar-refractivity contribution in [1.82, 2.24) is 20.4 Å². The largest absolute Gasteiger partial charge is 0.435 e. The summed E-state index contributed by atoms with van der Waals surface area (Å²) in [5.41, 5.74) is -1.37. The van der Waals surface area contributed by atoms with E-state index in [1.54, 1.807) is 13.8 Å². The lowest BCUT2D eigenvalue weighted by Gasteiger charge is -2.35. The van der Waals surface area contributed by atoms with Crippen LogP contribution < -0.4 is 10.6 Å². The average molecular weight is 525 g/mol. The van der Waals surface area contributed by atoms with Crippen LogP contribution in [-0.2, 0) is 22.3 Å². The molecule has 1 aliphatic heterocycles. The smallest absolute Gasteiger partial charge is 0.348 e. The molecular weight excluding hydrogens is 487 g/mol. The van der Waals surface area contributed by atoms with Gasteiger partial charge in [-0.15, -0.1) is 0 Å². The number of likely N-dealkylation sites (N-methyl/N-ethyl adjacent to an activating group) is 1. The Balaban J connectivity index is 1.79. The van der Waals surface area contributed by atoms with Gasteiger partial charge in [-0.1, -0.05) is 6.08 Å². The van der Waals surface area contributed by atoms with E-state index in [-0.39, 0.29) is 29.8 Å². The Hall–Kier alpha value is -3.02. The van der Waals surface area contributed by atoms with Gasteiger partial charge in [0.05, 0.1) is 50.7 Å². The number of halogens is 3. The Kier molecular flexibility index (Phi) is 8.31. The van der Waals surface area contributed by atoms with Crippen molar-refractivity contribution in [3.8, 4) is 0 Å². The first-order valence-electron chi connectivity index (χ1n) is 12.4. The summed E-state index contributed by atoms with van der Waals surface area (Å²) in [6, 6.07) is 0.000860. The summed E-state index contributed by atoms with van der Waals surface area (Å²) in [6.45, 7) is 4.97. The molecule has 0 saturated heterocycles. The minimum Gasteiger partial charge on any atom is -0.348 e. The fraction of sp³-hybridized carbons (Fsp3) is 0.640. The lowest BCUT2D eigenvalue weighted by atomic mass is 9.98. The van der Waals surface area contributed by atoms with Crippen molar-refractivity contribution < 1.29 is 27.2 Å². The maximum Gasteiger partial charge on any atom is 0.435 e. The van der Waals surface area contributed by atoms with Crippen molar-refractivity contribution in [2.24, 2.45) is 10.9 Å².